The summed E-state index contributed by atoms with van der Waals surface area (Å²) in [5.74, 6) is 0.918. The second-order valence-corrected chi connectivity index (χ2v) is 32.0. The van der Waals surface area contributed by atoms with Crippen molar-refractivity contribution >= 4 is 39.5 Å². The van der Waals surface area contributed by atoms with Gasteiger partial charge in [-0.1, -0.05) is 331 Å². The average Bonchev–Trinajstić information content (AvgIpc) is 2.81. The molecule has 6 atom stereocenters. The molecule has 17 nitrogen and oxygen atoms in total. The van der Waals surface area contributed by atoms with E-state index < -0.39 is 97.5 Å². The van der Waals surface area contributed by atoms with E-state index in [1.54, 1.807) is 0 Å². The number of ether oxygens (including phenoxy) is 4. The van der Waals surface area contributed by atoms with Gasteiger partial charge >= 0.3 is 39.5 Å². The summed E-state index contributed by atoms with van der Waals surface area (Å²) >= 11 is 0. The van der Waals surface area contributed by atoms with Crippen LogP contribution >= 0.6 is 15.6 Å². The van der Waals surface area contributed by atoms with Crippen LogP contribution in [-0.2, 0) is 65.4 Å². The van der Waals surface area contributed by atoms with Crippen molar-refractivity contribution in [3.05, 3.63) is 0 Å². The lowest BCUT2D eigenvalue weighted by Crippen LogP contribution is -2.30. The molecular formula is C76H148O17P2. The number of aliphatic hydroxyl groups excluding tert-OH is 1. The minimum absolute atomic E-state index is 0.104. The van der Waals surface area contributed by atoms with E-state index in [1.807, 2.05) is 0 Å². The summed E-state index contributed by atoms with van der Waals surface area (Å²) in [5, 5.41) is 10.6. The summed E-state index contributed by atoms with van der Waals surface area (Å²) in [6.45, 7) is 14.2. The fourth-order valence-electron chi connectivity index (χ4n) is 11.5. The molecule has 564 valence electrons. The smallest absolute Gasteiger partial charge is 0.462 e. The number of unbranched alkanes of at least 4 members (excludes halogenated alkanes) is 38. The van der Waals surface area contributed by atoms with Gasteiger partial charge in [-0.15, -0.1) is 0 Å². The summed E-state index contributed by atoms with van der Waals surface area (Å²) in [5.41, 5.74) is 0. The predicted octanol–water partition coefficient (Wildman–Crippen LogP) is 22.0. The van der Waals surface area contributed by atoms with Gasteiger partial charge < -0.3 is 33.8 Å². The molecule has 0 saturated carbocycles. The lowest BCUT2D eigenvalue weighted by Gasteiger charge is -2.21. The van der Waals surface area contributed by atoms with Crippen LogP contribution in [0, 0.1) is 23.7 Å². The van der Waals surface area contributed by atoms with E-state index in [1.165, 1.54) is 186 Å². The zero-order valence-corrected chi connectivity index (χ0v) is 64.1. The second kappa shape index (κ2) is 65.4. The molecule has 0 fully saturated rings. The highest BCUT2D eigenvalue weighted by Gasteiger charge is 2.30. The number of hydrogen-bond donors (Lipinski definition) is 3. The molecule has 0 amide bonds. The number of hydrogen-bond acceptors (Lipinski definition) is 15. The van der Waals surface area contributed by atoms with E-state index in [0.717, 1.165) is 114 Å². The molecule has 0 saturated heterocycles. The molecule has 0 spiro atoms. The van der Waals surface area contributed by atoms with Gasteiger partial charge in [0.05, 0.1) is 26.4 Å². The van der Waals surface area contributed by atoms with Gasteiger partial charge in [-0.05, 0) is 49.4 Å². The van der Waals surface area contributed by atoms with Gasteiger partial charge in [0.25, 0.3) is 0 Å². The van der Waals surface area contributed by atoms with Crippen molar-refractivity contribution in [3.8, 4) is 0 Å². The Morgan fingerprint density at radius 2 is 0.505 bits per heavy atom. The van der Waals surface area contributed by atoms with E-state index in [0.29, 0.717) is 25.7 Å². The molecule has 0 bridgehead atoms. The molecule has 0 aromatic heterocycles. The van der Waals surface area contributed by atoms with Crippen LogP contribution in [0.3, 0.4) is 0 Å². The zero-order chi connectivity index (χ0) is 70.3. The summed E-state index contributed by atoms with van der Waals surface area (Å²) in [6.07, 6.45) is 50.1. The average molecular weight is 1400 g/mol. The van der Waals surface area contributed by atoms with E-state index >= 15 is 0 Å². The topological polar surface area (TPSA) is 237 Å². The Morgan fingerprint density at radius 1 is 0.295 bits per heavy atom. The van der Waals surface area contributed by atoms with Crippen molar-refractivity contribution in [1.29, 1.82) is 0 Å². The van der Waals surface area contributed by atoms with Crippen LogP contribution in [0.2, 0.25) is 0 Å². The molecule has 95 heavy (non-hydrogen) atoms. The van der Waals surface area contributed by atoms with Crippen LogP contribution in [0.5, 0.6) is 0 Å². The zero-order valence-electron chi connectivity index (χ0n) is 62.3. The Hall–Kier alpha value is -1.94. The quantitative estimate of drug-likeness (QED) is 0.0222. The fourth-order valence-corrected chi connectivity index (χ4v) is 13.1. The summed E-state index contributed by atoms with van der Waals surface area (Å²) in [6, 6.07) is 0. The first-order valence-corrected chi connectivity index (χ1v) is 42.2. The van der Waals surface area contributed by atoms with Crippen molar-refractivity contribution in [3.63, 3.8) is 0 Å². The number of carbonyl (C=O) groups is 4. The molecular weight excluding hydrogens is 1250 g/mol. The van der Waals surface area contributed by atoms with Crippen LogP contribution < -0.4 is 0 Å². The van der Waals surface area contributed by atoms with Crippen molar-refractivity contribution in [2.75, 3.05) is 39.6 Å². The molecule has 0 radical (unpaired) electrons. The third-order valence-corrected chi connectivity index (χ3v) is 19.8. The normalized spacial score (nSPS) is 14.4. The Kier molecular flexibility index (Phi) is 64.0. The van der Waals surface area contributed by atoms with Crippen molar-refractivity contribution in [2.24, 2.45) is 23.7 Å². The maximum absolute atomic E-state index is 13.1. The summed E-state index contributed by atoms with van der Waals surface area (Å²) in [4.78, 5) is 72.8. The molecule has 0 aromatic rings. The SMILES string of the molecule is CCC(C)CCCCCCCCCCC(=O)O[C@H](COC(=O)CCCCCCCCCCC(C)C)COP(=O)(O)OCC(O)COP(=O)(O)OC[C@@H](COC(=O)CCCCCCCCCCC(C)C)OC(=O)CCCCCCCCCCCCCCCCCCCCC(C)C. The second-order valence-electron chi connectivity index (χ2n) is 29.1. The summed E-state index contributed by atoms with van der Waals surface area (Å²) in [7, 11) is -9.91. The van der Waals surface area contributed by atoms with Gasteiger partial charge in [0.1, 0.15) is 19.3 Å². The highest BCUT2D eigenvalue weighted by molar-refractivity contribution is 7.47. The van der Waals surface area contributed by atoms with E-state index in [-0.39, 0.29) is 25.7 Å². The standard InChI is InChI=1S/C76H148O17P2/c1-9-69(8)55-47-39-31-24-27-35-43-51-59-76(81)93-72(63-87-74(79)57-49-41-33-26-23-30-38-46-54-68(6)7)65-91-95(84,85)89-61-70(77)60-88-94(82,83)90-64-71(62-86-73(78)56-48-40-32-25-22-29-37-45-53-67(4)5)92-75(80)58-50-42-34-21-19-17-15-13-11-10-12-14-16-18-20-28-36-44-52-66(2)3/h66-72,77H,9-65H2,1-8H3,(H,82,83)(H,84,85)/t69?,70?,71-,72-/m1/s1. The molecule has 0 aromatic carbocycles. The lowest BCUT2D eigenvalue weighted by molar-refractivity contribution is -0.161. The third kappa shape index (κ3) is 69.0. The van der Waals surface area contributed by atoms with Crippen LogP contribution in [0.25, 0.3) is 0 Å². The minimum Gasteiger partial charge on any atom is -0.462 e. The lowest BCUT2D eigenvalue weighted by atomic mass is 9.99. The maximum Gasteiger partial charge on any atom is 0.472 e. The molecule has 4 unspecified atom stereocenters. The predicted molar refractivity (Wildman–Crippen MR) is 386 cm³/mol. The molecule has 0 aliphatic rings. The van der Waals surface area contributed by atoms with Crippen molar-refractivity contribution in [2.45, 2.75) is 401 Å². The number of phosphoric ester groups is 2. The highest BCUT2D eigenvalue weighted by atomic mass is 31.2. The van der Waals surface area contributed by atoms with Crippen LogP contribution in [-0.4, -0.2) is 96.7 Å². The van der Waals surface area contributed by atoms with Crippen molar-refractivity contribution < 1.29 is 80.2 Å². The highest BCUT2D eigenvalue weighted by Crippen LogP contribution is 2.45. The Morgan fingerprint density at radius 3 is 0.747 bits per heavy atom. The minimum atomic E-state index is -4.96. The molecule has 0 aliphatic carbocycles. The number of aliphatic hydroxyl groups is 1. The van der Waals surface area contributed by atoms with Crippen LogP contribution in [0.4, 0.5) is 0 Å². The molecule has 0 heterocycles. The Bertz CT molecular complexity index is 1870. The molecule has 0 rings (SSSR count). The van der Waals surface area contributed by atoms with E-state index in [9.17, 15) is 43.2 Å². The Labute approximate surface area is 581 Å². The number of phosphoric acid groups is 2. The molecule has 3 N–H and O–H groups in total. The molecule has 0 aliphatic heterocycles. The fraction of sp³-hybridized carbons (Fsp3) is 0.947. The van der Waals surface area contributed by atoms with Gasteiger partial charge in [-0.3, -0.25) is 37.3 Å². The number of rotatable bonds is 73. The number of esters is 4. The van der Waals surface area contributed by atoms with Crippen molar-refractivity contribution in [1.82, 2.24) is 0 Å². The first kappa shape index (κ1) is 93.1. The van der Waals surface area contributed by atoms with E-state index in [2.05, 4.69) is 55.4 Å². The monoisotopic (exact) mass is 1400 g/mol. The first-order chi connectivity index (χ1) is 45.6. The van der Waals surface area contributed by atoms with Gasteiger partial charge in [-0.25, -0.2) is 9.13 Å². The largest absolute Gasteiger partial charge is 0.472 e. The van der Waals surface area contributed by atoms with Crippen LogP contribution in [0.15, 0.2) is 0 Å². The van der Waals surface area contributed by atoms with Gasteiger partial charge in [0.2, 0.25) is 0 Å². The van der Waals surface area contributed by atoms with Gasteiger partial charge in [0.15, 0.2) is 12.2 Å². The Balaban J connectivity index is 5.20. The van der Waals surface area contributed by atoms with Gasteiger partial charge in [-0.2, -0.15) is 0 Å². The van der Waals surface area contributed by atoms with Crippen LogP contribution in [0.1, 0.15) is 383 Å². The molecule has 19 heteroatoms. The first-order valence-electron chi connectivity index (χ1n) is 39.2. The third-order valence-electron chi connectivity index (χ3n) is 17.9. The van der Waals surface area contributed by atoms with Gasteiger partial charge in [0, 0.05) is 25.7 Å². The summed E-state index contributed by atoms with van der Waals surface area (Å²) < 4.78 is 68.5. The van der Waals surface area contributed by atoms with E-state index in [4.69, 9.17) is 37.0 Å². The number of carbonyl (C=O) groups excluding carboxylic acids is 4. The maximum atomic E-state index is 13.1.